The zero-order valence-corrected chi connectivity index (χ0v) is 18.1. The molecule has 1 heterocycles. The highest BCUT2D eigenvalue weighted by Gasteiger charge is 2.33. The molecule has 0 atom stereocenters. The van der Waals surface area contributed by atoms with Crippen LogP contribution in [0.1, 0.15) is 112 Å². The van der Waals surface area contributed by atoms with Gasteiger partial charge in [-0.3, -0.25) is 0 Å². The van der Waals surface area contributed by atoms with E-state index in [-0.39, 0.29) is 0 Å². The first-order chi connectivity index (χ1) is 12.0. The SMILES string of the molecule is C=C(CCCCCCCCC)C1=C(CCC)N(CCC)CCC1(C)C. The van der Waals surface area contributed by atoms with Gasteiger partial charge in [0, 0.05) is 18.8 Å². The lowest BCUT2D eigenvalue weighted by Crippen LogP contribution is -2.37. The van der Waals surface area contributed by atoms with Gasteiger partial charge in [0.05, 0.1) is 0 Å². The Kier molecular flexibility index (Phi) is 10.5. The first-order valence-electron chi connectivity index (χ1n) is 11.1. The molecule has 1 heteroatoms. The zero-order valence-electron chi connectivity index (χ0n) is 18.1. The molecule has 0 amide bonds. The monoisotopic (exact) mass is 347 g/mol. The fourth-order valence-electron chi connectivity index (χ4n) is 4.36. The Balaban J connectivity index is 2.69. The van der Waals surface area contributed by atoms with E-state index in [1.54, 1.807) is 11.3 Å². The van der Waals surface area contributed by atoms with E-state index in [0.717, 1.165) is 0 Å². The third-order valence-corrected chi connectivity index (χ3v) is 5.77. The van der Waals surface area contributed by atoms with Crippen LogP contribution in [0.25, 0.3) is 0 Å². The number of hydrogen-bond donors (Lipinski definition) is 0. The summed E-state index contributed by atoms with van der Waals surface area (Å²) >= 11 is 0. The Bertz CT molecular complexity index is 416. The van der Waals surface area contributed by atoms with E-state index < -0.39 is 0 Å². The molecular formula is C24H45N. The second kappa shape index (κ2) is 11.8. The Morgan fingerprint density at radius 2 is 1.56 bits per heavy atom. The first-order valence-corrected chi connectivity index (χ1v) is 11.1. The van der Waals surface area contributed by atoms with Gasteiger partial charge in [0.1, 0.15) is 0 Å². The molecule has 1 aliphatic heterocycles. The van der Waals surface area contributed by atoms with Crippen LogP contribution in [-0.4, -0.2) is 18.0 Å². The average molecular weight is 348 g/mol. The molecule has 0 aliphatic carbocycles. The lowest BCUT2D eigenvalue weighted by Gasteiger charge is -2.43. The van der Waals surface area contributed by atoms with Crippen molar-refractivity contribution in [1.82, 2.24) is 4.90 Å². The molecule has 1 aliphatic rings. The van der Waals surface area contributed by atoms with Gasteiger partial charge >= 0.3 is 0 Å². The van der Waals surface area contributed by atoms with Gasteiger partial charge in [-0.15, -0.1) is 0 Å². The molecule has 0 saturated heterocycles. The van der Waals surface area contributed by atoms with Crippen molar-refractivity contribution in [3.63, 3.8) is 0 Å². The molecule has 0 aromatic carbocycles. The van der Waals surface area contributed by atoms with E-state index in [4.69, 9.17) is 0 Å². The van der Waals surface area contributed by atoms with E-state index in [2.05, 4.69) is 46.1 Å². The molecule has 146 valence electrons. The average Bonchev–Trinajstić information content (AvgIpc) is 2.56. The highest BCUT2D eigenvalue weighted by atomic mass is 15.1. The highest BCUT2D eigenvalue weighted by molar-refractivity contribution is 5.39. The molecule has 0 aromatic heterocycles. The standard InChI is InChI=1S/C24H45N/c1-7-10-11-12-13-14-15-17-21(4)23-22(16-8-2)25(19-9-3)20-18-24(23,5)6/h4,7-20H2,1-3,5-6H3. The lowest BCUT2D eigenvalue weighted by molar-refractivity contribution is 0.232. The van der Waals surface area contributed by atoms with Gasteiger partial charge in [0.15, 0.2) is 0 Å². The van der Waals surface area contributed by atoms with Crippen molar-refractivity contribution in [3.05, 3.63) is 23.4 Å². The van der Waals surface area contributed by atoms with E-state index in [1.165, 1.54) is 95.7 Å². The van der Waals surface area contributed by atoms with Gasteiger partial charge < -0.3 is 4.90 Å². The molecule has 0 aromatic rings. The Hall–Kier alpha value is -0.720. The van der Waals surface area contributed by atoms with Crippen LogP contribution >= 0.6 is 0 Å². The third kappa shape index (κ3) is 7.19. The summed E-state index contributed by atoms with van der Waals surface area (Å²) in [6, 6.07) is 0. The summed E-state index contributed by atoms with van der Waals surface area (Å²) < 4.78 is 0. The molecule has 0 saturated carbocycles. The van der Waals surface area contributed by atoms with Gasteiger partial charge in [-0.2, -0.15) is 0 Å². The predicted octanol–water partition coefficient (Wildman–Crippen LogP) is 7.88. The van der Waals surface area contributed by atoms with Crippen LogP contribution in [-0.2, 0) is 0 Å². The first kappa shape index (κ1) is 22.3. The molecule has 0 fully saturated rings. The second-order valence-electron chi connectivity index (χ2n) is 8.67. The van der Waals surface area contributed by atoms with Gasteiger partial charge in [-0.25, -0.2) is 0 Å². The molecular weight excluding hydrogens is 302 g/mol. The van der Waals surface area contributed by atoms with Gasteiger partial charge in [-0.1, -0.05) is 86.1 Å². The van der Waals surface area contributed by atoms with Crippen LogP contribution < -0.4 is 0 Å². The fourth-order valence-corrected chi connectivity index (χ4v) is 4.36. The van der Waals surface area contributed by atoms with Crippen molar-refractivity contribution < 1.29 is 0 Å². The summed E-state index contributed by atoms with van der Waals surface area (Å²) in [5, 5.41) is 0. The molecule has 0 N–H and O–H groups in total. The smallest absolute Gasteiger partial charge is 0.0183 e. The van der Waals surface area contributed by atoms with Gasteiger partial charge in [0.25, 0.3) is 0 Å². The van der Waals surface area contributed by atoms with Crippen LogP contribution in [0, 0.1) is 5.41 Å². The van der Waals surface area contributed by atoms with Gasteiger partial charge in [0.2, 0.25) is 0 Å². The highest BCUT2D eigenvalue weighted by Crippen LogP contribution is 2.44. The lowest BCUT2D eigenvalue weighted by atomic mass is 9.72. The number of nitrogens with zero attached hydrogens (tertiary/aromatic N) is 1. The molecule has 0 spiro atoms. The number of rotatable bonds is 13. The normalized spacial score (nSPS) is 17.2. The topological polar surface area (TPSA) is 3.24 Å². The summed E-state index contributed by atoms with van der Waals surface area (Å²) in [6.07, 6.45) is 15.8. The second-order valence-corrected chi connectivity index (χ2v) is 8.67. The van der Waals surface area contributed by atoms with E-state index >= 15 is 0 Å². The minimum Gasteiger partial charge on any atom is -0.375 e. The summed E-state index contributed by atoms with van der Waals surface area (Å²) in [5.74, 6) is 0. The Morgan fingerprint density at radius 3 is 2.16 bits per heavy atom. The maximum absolute atomic E-state index is 4.56. The number of hydrogen-bond acceptors (Lipinski definition) is 1. The van der Waals surface area contributed by atoms with Crippen molar-refractivity contribution in [2.75, 3.05) is 13.1 Å². The maximum Gasteiger partial charge on any atom is 0.0183 e. The van der Waals surface area contributed by atoms with Crippen LogP contribution in [0.4, 0.5) is 0 Å². The van der Waals surface area contributed by atoms with Gasteiger partial charge in [-0.05, 0) is 48.7 Å². The summed E-state index contributed by atoms with van der Waals surface area (Å²) in [4.78, 5) is 2.67. The third-order valence-electron chi connectivity index (χ3n) is 5.77. The van der Waals surface area contributed by atoms with E-state index in [9.17, 15) is 0 Å². The van der Waals surface area contributed by atoms with Crippen LogP contribution in [0.2, 0.25) is 0 Å². The quantitative estimate of drug-likeness (QED) is 0.306. The molecule has 0 bridgehead atoms. The van der Waals surface area contributed by atoms with Crippen molar-refractivity contribution in [1.29, 1.82) is 0 Å². The minimum absolute atomic E-state index is 0.299. The van der Waals surface area contributed by atoms with Crippen molar-refractivity contribution in [3.8, 4) is 0 Å². The van der Waals surface area contributed by atoms with E-state index in [0.29, 0.717) is 5.41 Å². The van der Waals surface area contributed by atoms with Crippen molar-refractivity contribution >= 4 is 0 Å². The molecule has 1 rings (SSSR count). The largest absolute Gasteiger partial charge is 0.375 e. The maximum atomic E-state index is 4.56. The minimum atomic E-state index is 0.299. The number of allylic oxidation sites excluding steroid dienone is 3. The Labute approximate surface area is 159 Å². The van der Waals surface area contributed by atoms with Crippen LogP contribution in [0.15, 0.2) is 23.4 Å². The van der Waals surface area contributed by atoms with Crippen molar-refractivity contribution in [2.24, 2.45) is 5.41 Å². The fraction of sp³-hybridized carbons (Fsp3) is 0.833. The summed E-state index contributed by atoms with van der Waals surface area (Å²) in [5.41, 5.74) is 4.96. The summed E-state index contributed by atoms with van der Waals surface area (Å²) in [7, 11) is 0. The summed E-state index contributed by atoms with van der Waals surface area (Å²) in [6.45, 7) is 18.8. The Morgan fingerprint density at radius 1 is 0.920 bits per heavy atom. The zero-order chi connectivity index (χ0) is 18.7. The van der Waals surface area contributed by atoms with Crippen LogP contribution in [0.5, 0.6) is 0 Å². The molecule has 0 unspecified atom stereocenters. The molecule has 1 nitrogen and oxygen atoms in total. The molecule has 25 heavy (non-hydrogen) atoms. The van der Waals surface area contributed by atoms with Crippen molar-refractivity contribution in [2.45, 2.75) is 112 Å². The molecule has 0 radical (unpaired) electrons. The predicted molar refractivity (Wildman–Crippen MR) is 114 cm³/mol. The van der Waals surface area contributed by atoms with E-state index in [1.807, 2.05) is 0 Å². The number of unbranched alkanes of at least 4 members (excludes halogenated alkanes) is 6. The van der Waals surface area contributed by atoms with Crippen LogP contribution in [0.3, 0.4) is 0 Å².